The first-order valence-electron chi connectivity index (χ1n) is 4.05. The third-order valence-corrected chi connectivity index (χ3v) is 1.85. The van der Waals surface area contributed by atoms with Gasteiger partial charge in [-0.25, -0.2) is 0 Å². The lowest BCUT2D eigenvalue weighted by molar-refractivity contribution is 0.768. The van der Waals surface area contributed by atoms with Crippen LogP contribution in [0.25, 0.3) is 0 Å². The van der Waals surface area contributed by atoms with E-state index in [9.17, 15) is 0 Å². The summed E-state index contributed by atoms with van der Waals surface area (Å²) in [7, 11) is 0. The Labute approximate surface area is 78.0 Å². The number of halogens is 1. The van der Waals surface area contributed by atoms with Crippen molar-refractivity contribution in [3.8, 4) is 0 Å². The molecule has 0 saturated heterocycles. The normalized spacial score (nSPS) is 12.5. The quantitative estimate of drug-likeness (QED) is 0.728. The number of aromatic nitrogens is 1. The molecule has 3 heteroatoms. The van der Waals surface area contributed by atoms with Crippen LogP contribution in [-0.2, 0) is 0 Å². The van der Waals surface area contributed by atoms with Crippen molar-refractivity contribution in [2.75, 3.05) is 11.2 Å². The summed E-state index contributed by atoms with van der Waals surface area (Å²) < 4.78 is 0. The smallest absolute Gasteiger partial charge is 0.0373 e. The largest absolute Gasteiger partial charge is 0.382 e. The van der Waals surface area contributed by atoms with Crippen LogP contribution >= 0.6 is 11.6 Å². The van der Waals surface area contributed by atoms with Gasteiger partial charge in [0.05, 0.1) is 0 Å². The van der Waals surface area contributed by atoms with E-state index in [2.05, 4.69) is 17.2 Å². The summed E-state index contributed by atoms with van der Waals surface area (Å²) in [5.74, 6) is 0.694. The van der Waals surface area contributed by atoms with Crippen LogP contribution in [0.2, 0.25) is 0 Å². The zero-order chi connectivity index (χ0) is 8.81. The number of hydrogen-bond acceptors (Lipinski definition) is 2. The molecule has 0 radical (unpaired) electrons. The van der Waals surface area contributed by atoms with Crippen LogP contribution in [0.1, 0.15) is 13.3 Å². The van der Waals surface area contributed by atoms with Crippen LogP contribution in [0, 0.1) is 0 Å². The van der Waals surface area contributed by atoms with E-state index in [1.54, 1.807) is 12.4 Å². The molecular formula is C9H13ClN2. The maximum atomic E-state index is 5.61. The molecule has 0 aliphatic carbocycles. The first kappa shape index (κ1) is 9.33. The van der Waals surface area contributed by atoms with Gasteiger partial charge in [0.2, 0.25) is 0 Å². The molecule has 1 N–H and O–H groups in total. The molecule has 0 aliphatic heterocycles. The molecule has 0 saturated carbocycles. The molecule has 1 aromatic rings. The van der Waals surface area contributed by atoms with Gasteiger partial charge in [-0.1, -0.05) is 0 Å². The summed E-state index contributed by atoms with van der Waals surface area (Å²) in [5, 5.41) is 3.32. The summed E-state index contributed by atoms with van der Waals surface area (Å²) in [5.41, 5.74) is 1.10. The lowest BCUT2D eigenvalue weighted by Crippen LogP contribution is -2.15. The second-order valence-electron chi connectivity index (χ2n) is 2.76. The molecule has 0 aromatic carbocycles. The van der Waals surface area contributed by atoms with Gasteiger partial charge >= 0.3 is 0 Å². The number of alkyl halides is 1. The van der Waals surface area contributed by atoms with Crippen molar-refractivity contribution in [1.82, 2.24) is 4.98 Å². The fourth-order valence-corrected chi connectivity index (χ4v) is 1.30. The standard InChI is InChI=1S/C9H13ClN2/c1-8(2-5-10)12-9-3-6-11-7-4-9/h3-4,6-8H,2,5H2,1H3,(H,11,12). The van der Waals surface area contributed by atoms with Crippen molar-refractivity contribution < 1.29 is 0 Å². The third kappa shape index (κ3) is 3.09. The van der Waals surface area contributed by atoms with Gasteiger partial charge in [0.25, 0.3) is 0 Å². The number of nitrogens with zero attached hydrogens (tertiary/aromatic N) is 1. The fraction of sp³-hybridized carbons (Fsp3) is 0.444. The molecule has 2 nitrogen and oxygen atoms in total. The first-order valence-corrected chi connectivity index (χ1v) is 4.59. The monoisotopic (exact) mass is 184 g/mol. The molecular weight excluding hydrogens is 172 g/mol. The summed E-state index contributed by atoms with van der Waals surface area (Å²) >= 11 is 5.61. The Kier molecular flexibility index (Phi) is 3.88. The first-order chi connectivity index (χ1) is 5.83. The molecule has 0 bridgehead atoms. The van der Waals surface area contributed by atoms with E-state index in [0.29, 0.717) is 11.9 Å². The van der Waals surface area contributed by atoms with Crippen molar-refractivity contribution in [2.45, 2.75) is 19.4 Å². The van der Waals surface area contributed by atoms with Crippen molar-refractivity contribution in [1.29, 1.82) is 0 Å². The predicted molar refractivity (Wildman–Crippen MR) is 52.7 cm³/mol. The van der Waals surface area contributed by atoms with E-state index in [0.717, 1.165) is 12.1 Å². The lowest BCUT2D eigenvalue weighted by Gasteiger charge is -2.12. The second kappa shape index (κ2) is 4.99. The Morgan fingerprint density at radius 1 is 1.50 bits per heavy atom. The van der Waals surface area contributed by atoms with E-state index in [1.807, 2.05) is 12.1 Å². The molecule has 1 atom stereocenters. The Hall–Kier alpha value is -0.760. The Morgan fingerprint density at radius 2 is 2.17 bits per heavy atom. The van der Waals surface area contributed by atoms with Crippen LogP contribution in [0.4, 0.5) is 5.69 Å². The van der Waals surface area contributed by atoms with E-state index in [-0.39, 0.29) is 0 Å². The highest BCUT2D eigenvalue weighted by atomic mass is 35.5. The molecule has 12 heavy (non-hydrogen) atoms. The zero-order valence-corrected chi connectivity index (χ0v) is 7.88. The lowest BCUT2D eigenvalue weighted by atomic mass is 10.2. The Morgan fingerprint density at radius 3 is 2.75 bits per heavy atom. The van der Waals surface area contributed by atoms with E-state index >= 15 is 0 Å². The molecule has 1 unspecified atom stereocenters. The minimum atomic E-state index is 0.421. The van der Waals surface area contributed by atoms with Gasteiger partial charge in [-0.05, 0) is 25.5 Å². The average molecular weight is 185 g/mol. The number of anilines is 1. The predicted octanol–water partition coefficient (Wildman–Crippen LogP) is 2.51. The fourth-order valence-electron chi connectivity index (χ4n) is 0.968. The van der Waals surface area contributed by atoms with Crippen molar-refractivity contribution >= 4 is 17.3 Å². The van der Waals surface area contributed by atoms with Gasteiger partial charge in [-0.15, -0.1) is 11.6 Å². The number of pyridine rings is 1. The zero-order valence-electron chi connectivity index (χ0n) is 7.13. The third-order valence-electron chi connectivity index (χ3n) is 1.64. The van der Waals surface area contributed by atoms with Gasteiger partial charge < -0.3 is 5.32 Å². The Balaban J connectivity index is 2.41. The van der Waals surface area contributed by atoms with Crippen LogP contribution in [0.3, 0.4) is 0 Å². The van der Waals surface area contributed by atoms with Gasteiger partial charge in [0, 0.05) is 30.0 Å². The number of hydrogen-bond donors (Lipinski definition) is 1. The molecule has 0 fully saturated rings. The molecule has 0 spiro atoms. The summed E-state index contributed by atoms with van der Waals surface area (Å²) in [6, 6.07) is 4.32. The maximum absolute atomic E-state index is 5.61. The number of rotatable bonds is 4. The maximum Gasteiger partial charge on any atom is 0.0373 e. The minimum Gasteiger partial charge on any atom is -0.382 e. The van der Waals surface area contributed by atoms with Crippen molar-refractivity contribution in [3.63, 3.8) is 0 Å². The SMILES string of the molecule is CC(CCCl)Nc1ccncc1. The van der Waals surface area contributed by atoms with Gasteiger partial charge in [-0.2, -0.15) is 0 Å². The van der Waals surface area contributed by atoms with Crippen LogP contribution < -0.4 is 5.32 Å². The van der Waals surface area contributed by atoms with E-state index < -0.39 is 0 Å². The molecule has 1 heterocycles. The molecule has 1 rings (SSSR count). The molecule has 66 valence electrons. The second-order valence-corrected chi connectivity index (χ2v) is 3.14. The molecule has 1 aromatic heterocycles. The van der Waals surface area contributed by atoms with Crippen LogP contribution in [0.5, 0.6) is 0 Å². The van der Waals surface area contributed by atoms with E-state index in [4.69, 9.17) is 11.6 Å². The highest BCUT2D eigenvalue weighted by molar-refractivity contribution is 6.17. The van der Waals surface area contributed by atoms with E-state index in [1.165, 1.54) is 0 Å². The summed E-state index contributed by atoms with van der Waals surface area (Å²) in [6.45, 7) is 2.11. The van der Waals surface area contributed by atoms with Gasteiger partial charge in [0.15, 0.2) is 0 Å². The van der Waals surface area contributed by atoms with Crippen molar-refractivity contribution in [2.24, 2.45) is 0 Å². The number of nitrogens with one attached hydrogen (secondary N) is 1. The van der Waals surface area contributed by atoms with Gasteiger partial charge in [0.1, 0.15) is 0 Å². The summed E-state index contributed by atoms with van der Waals surface area (Å²) in [4.78, 5) is 3.93. The topological polar surface area (TPSA) is 24.9 Å². The summed E-state index contributed by atoms with van der Waals surface area (Å²) in [6.07, 6.45) is 4.52. The Bertz CT molecular complexity index is 213. The van der Waals surface area contributed by atoms with Crippen LogP contribution in [0.15, 0.2) is 24.5 Å². The highest BCUT2D eigenvalue weighted by Crippen LogP contribution is 2.07. The minimum absolute atomic E-state index is 0.421. The van der Waals surface area contributed by atoms with Crippen molar-refractivity contribution in [3.05, 3.63) is 24.5 Å². The average Bonchev–Trinajstić information content (AvgIpc) is 2.06. The molecule has 0 aliphatic rings. The highest BCUT2D eigenvalue weighted by Gasteiger charge is 1.99. The van der Waals surface area contributed by atoms with Gasteiger partial charge in [-0.3, -0.25) is 4.98 Å². The van der Waals surface area contributed by atoms with Crippen LogP contribution in [-0.4, -0.2) is 16.9 Å². The molecule has 0 amide bonds.